The first-order chi connectivity index (χ1) is 16.0. The molecule has 0 saturated carbocycles. The van der Waals surface area contributed by atoms with Gasteiger partial charge in [0, 0.05) is 43.7 Å². The molecule has 3 aromatic rings. The number of amides is 1. The maximum absolute atomic E-state index is 13.7. The summed E-state index contributed by atoms with van der Waals surface area (Å²) in [7, 11) is 0. The van der Waals surface area contributed by atoms with E-state index in [2.05, 4.69) is 45.3 Å². The zero-order chi connectivity index (χ0) is 23.2. The van der Waals surface area contributed by atoms with Crippen LogP contribution in [-0.2, 0) is 22.6 Å². The molecule has 1 saturated heterocycles. The van der Waals surface area contributed by atoms with Crippen LogP contribution >= 0.6 is 11.3 Å². The summed E-state index contributed by atoms with van der Waals surface area (Å²) in [6, 6.07) is 11.5. The summed E-state index contributed by atoms with van der Waals surface area (Å²) in [6.45, 7) is 9.37. The molecule has 1 aliphatic heterocycles. The van der Waals surface area contributed by atoms with E-state index < -0.39 is 0 Å². The van der Waals surface area contributed by atoms with Gasteiger partial charge in [0.25, 0.3) is 0 Å². The molecule has 1 aliphatic rings. The Hall–Kier alpha value is -2.81. The third-order valence-electron chi connectivity index (χ3n) is 5.80. The second-order valence-electron chi connectivity index (χ2n) is 8.21. The van der Waals surface area contributed by atoms with Crippen LogP contribution in [0.4, 0.5) is 10.1 Å². The third-order valence-corrected chi connectivity index (χ3v) is 6.67. The Morgan fingerprint density at radius 2 is 1.97 bits per heavy atom. The number of benzene rings is 2. The van der Waals surface area contributed by atoms with E-state index in [1.165, 1.54) is 28.5 Å². The van der Waals surface area contributed by atoms with E-state index in [4.69, 9.17) is 9.73 Å². The highest BCUT2D eigenvalue weighted by molar-refractivity contribution is 7.07. The Labute approximate surface area is 197 Å². The molecule has 0 aliphatic carbocycles. The van der Waals surface area contributed by atoms with Gasteiger partial charge in [0.15, 0.2) is 4.80 Å². The van der Waals surface area contributed by atoms with Crippen molar-refractivity contribution in [2.24, 2.45) is 4.99 Å². The van der Waals surface area contributed by atoms with Crippen molar-refractivity contribution >= 4 is 23.4 Å². The lowest BCUT2D eigenvalue weighted by Crippen LogP contribution is -2.35. The molecule has 2 heterocycles. The van der Waals surface area contributed by atoms with Crippen LogP contribution in [0.1, 0.15) is 16.7 Å². The number of hydrogen-bond acceptors (Lipinski definition) is 5. The molecule has 1 N–H and O–H groups in total. The minimum atomic E-state index is -0.239. The number of ether oxygens (including phenoxy) is 1. The summed E-state index contributed by atoms with van der Waals surface area (Å²) in [5, 5.41) is 4.84. The fourth-order valence-electron chi connectivity index (χ4n) is 4.02. The predicted molar refractivity (Wildman–Crippen MR) is 129 cm³/mol. The molecule has 0 bridgehead atoms. The number of nitrogens with one attached hydrogen (secondary N) is 1. The van der Waals surface area contributed by atoms with Gasteiger partial charge >= 0.3 is 0 Å². The lowest BCUT2D eigenvalue weighted by molar-refractivity contribution is -0.109. The molecule has 0 radical (unpaired) electrons. The largest absolute Gasteiger partial charge is 0.379 e. The Morgan fingerprint density at radius 1 is 1.15 bits per heavy atom. The maximum atomic E-state index is 13.7. The first-order valence-corrected chi connectivity index (χ1v) is 12.0. The molecule has 1 fully saturated rings. The first kappa shape index (κ1) is 23.4. The molecule has 1 aromatic heterocycles. The fraction of sp³-hybridized carbons (Fsp3) is 0.360. The Bertz CT molecular complexity index is 1180. The van der Waals surface area contributed by atoms with Crippen LogP contribution in [0.3, 0.4) is 0 Å². The fourth-order valence-corrected chi connectivity index (χ4v) is 4.97. The molecule has 174 valence electrons. The van der Waals surface area contributed by atoms with Crippen molar-refractivity contribution < 1.29 is 13.9 Å². The number of halogens is 1. The van der Waals surface area contributed by atoms with Crippen molar-refractivity contribution in [2.45, 2.75) is 26.9 Å². The second kappa shape index (κ2) is 10.9. The summed E-state index contributed by atoms with van der Waals surface area (Å²) in [5.41, 5.74) is 5.94. The number of hydrogen-bond donors (Lipinski definition) is 1. The average molecular weight is 469 g/mol. The molecular weight excluding hydrogens is 439 g/mol. The van der Waals surface area contributed by atoms with Crippen molar-refractivity contribution in [3.63, 3.8) is 0 Å². The molecule has 0 unspecified atom stereocenters. The number of nitrogens with zero attached hydrogens (tertiary/aromatic N) is 3. The lowest BCUT2D eigenvalue weighted by Gasteiger charge is -2.26. The van der Waals surface area contributed by atoms with E-state index in [1.807, 2.05) is 0 Å². The molecule has 4 rings (SSSR count). The number of carbonyl (C=O) groups is 1. The smallest absolute Gasteiger partial charge is 0.207 e. The Morgan fingerprint density at radius 3 is 2.70 bits per heavy atom. The van der Waals surface area contributed by atoms with Gasteiger partial charge in [0.05, 0.1) is 24.6 Å². The monoisotopic (exact) mass is 468 g/mol. The highest BCUT2D eigenvalue weighted by Crippen LogP contribution is 2.26. The van der Waals surface area contributed by atoms with Crippen molar-refractivity contribution in [1.82, 2.24) is 14.8 Å². The summed E-state index contributed by atoms with van der Waals surface area (Å²) >= 11 is 1.54. The van der Waals surface area contributed by atoms with Crippen LogP contribution < -0.4 is 10.1 Å². The SMILES string of the molecule is Cc1cc(N=c2scc(-c3ccc(CN4CCOCC4)cc3C)n2CCNC=O)ccc1F. The molecule has 1 amide bonds. The Balaban J connectivity index is 1.66. The van der Waals surface area contributed by atoms with Gasteiger partial charge in [0.1, 0.15) is 5.82 Å². The maximum Gasteiger partial charge on any atom is 0.207 e. The Kier molecular flexibility index (Phi) is 7.69. The number of rotatable bonds is 8. The second-order valence-corrected chi connectivity index (χ2v) is 9.05. The van der Waals surface area contributed by atoms with E-state index in [0.29, 0.717) is 30.8 Å². The molecular formula is C25H29FN4O2S. The van der Waals surface area contributed by atoms with Gasteiger partial charge in [-0.15, -0.1) is 11.3 Å². The number of thiazole rings is 1. The predicted octanol–water partition coefficient (Wildman–Crippen LogP) is 3.78. The molecule has 0 atom stereocenters. The highest BCUT2D eigenvalue weighted by Gasteiger charge is 2.14. The van der Waals surface area contributed by atoms with Gasteiger partial charge < -0.3 is 14.6 Å². The molecule has 33 heavy (non-hydrogen) atoms. The summed E-state index contributed by atoms with van der Waals surface area (Å²) in [5.74, 6) is -0.239. The van der Waals surface area contributed by atoms with Gasteiger partial charge in [-0.05, 0) is 48.7 Å². The van der Waals surface area contributed by atoms with Crippen molar-refractivity contribution in [3.8, 4) is 11.3 Å². The van der Waals surface area contributed by atoms with E-state index >= 15 is 0 Å². The van der Waals surface area contributed by atoms with Gasteiger partial charge in [0.2, 0.25) is 6.41 Å². The van der Waals surface area contributed by atoms with Crippen LogP contribution in [-0.4, -0.2) is 48.7 Å². The van der Waals surface area contributed by atoms with E-state index in [-0.39, 0.29) is 5.82 Å². The first-order valence-electron chi connectivity index (χ1n) is 11.1. The van der Waals surface area contributed by atoms with Crippen LogP contribution in [0.2, 0.25) is 0 Å². The zero-order valence-electron chi connectivity index (χ0n) is 19.0. The molecule has 2 aromatic carbocycles. The molecule has 8 heteroatoms. The number of morpholine rings is 1. The topological polar surface area (TPSA) is 58.9 Å². The third kappa shape index (κ3) is 5.76. The quantitative estimate of drug-likeness (QED) is 0.404. The van der Waals surface area contributed by atoms with E-state index in [9.17, 15) is 9.18 Å². The number of aromatic nitrogens is 1. The van der Waals surface area contributed by atoms with Gasteiger partial charge in [-0.25, -0.2) is 9.38 Å². The van der Waals surface area contributed by atoms with Crippen LogP contribution in [0.5, 0.6) is 0 Å². The van der Waals surface area contributed by atoms with Crippen LogP contribution in [0.25, 0.3) is 11.3 Å². The summed E-state index contributed by atoms with van der Waals surface area (Å²) in [4.78, 5) is 18.8. The van der Waals surface area contributed by atoms with Crippen LogP contribution in [0.15, 0.2) is 46.8 Å². The summed E-state index contributed by atoms with van der Waals surface area (Å²) in [6.07, 6.45) is 0.707. The van der Waals surface area contributed by atoms with Gasteiger partial charge in [-0.1, -0.05) is 18.2 Å². The van der Waals surface area contributed by atoms with Crippen molar-refractivity contribution in [1.29, 1.82) is 0 Å². The van der Waals surface area contributed by atoms with E-state index in [0.717, 1.165) is 48.9 Å². The van der Waals surface area contributed by atoms with Crippen LogP contribution in [0, 0.1) is 19.7 Å². The number of aryl methyl sites for hydroxylation is 2. The van der Waals surface area contributed by atoms with E-state index in [1.54, 1.807) is 19.1 Å². The highest BCUT2D eigenvalue weighted by atomic mass is 32.1. The standard InChI is InChI=1S/C25H29FN4O2S/c1-18-13-20(15-29-9-11-32-12-10-29)3-5-22(18)24-16-33-25(30(24)8-7-27-17-31)28-21-4-6-23(26)19(2)14-21/h3-6,13-14,16-17H,7-12,15H2,1-2H3,(H,27,31). The van der Waals surface area contributed by atoms with Crippen molar-refractivity contribution in [2.75, 3.05) is 32.8 Å². The zero-order valence-corrected chi connectivity index (χ0v) is 19.8. The van der Waals surface area contributed by atoms with Crippen molar-refractivity contribution in [3.05, 3.63) is 69.1 Å². The number of carbonyl (C=O) groups excluding carboxylic acids is 1. The molecule has 6 nitrogen and oxygen atoms in total. The minimum Gasteiger partial charge on any atom is -0.379 e. The van der Waals surface area contributed by atoms with Gasteiger partial charge in [-0.3, -0.25) is 9.69 Å². The normalized spacial score (nSPS) is 15.1. The average Bonchev–Trinajstić information content (AvgIpc) is 3.19. The molecule has 0 spiro atoms. The minimum absolute atomic E-state index is 0.239. The summed E-state index contributed by atoms with van der Waals surface area (Å²) < 4.78 is 21.2. The van der Waals surface area contributed by atoms with Gasteiger partial charge in [-0.2, -0.15) is 0 Å². The lowest BCUT2D eigenvalue weighted by atomic mass is 10.0.